The van der Waals surface area contributed by atoms with Crippen LogP contribution in [0.25, 0.3) is 0 Å². The van der Waals surface area contributed by atoms with Gasteiger partial charge in [0.2, 0.25) is 5.91 Å². The third-order valence-electron chi connectivity index (χ3n) is 2.09. The summed E-state index contributed by atoms with van der Waals surface area (Å²) in [5, 5.41) is 2.71. The fourth-order valence-corrected chi connectivity index (χ4v) is 1.09. The molecule has 0 atom stereocenters. The molecule has 11 heavy (non-hydrogen) atoms. The molecular weight excluding hydrogens is 145 g/mol. The Morgan fingerprint density at radius 3 is 2.73 bits per heavy atom. The highest BCUT2D eigenvalue weighted by Crippen LogP contribution is 2.25. The van der Waals surface area contributed by atoms with Gasteiger partial charge in [0, 0.05) is 12.5 Å². The van der Waals surface area contributed by atoms with E-state index in [1.54, 1.807) is 0 Å². The number of nitrogens with one attached hydrogen (secondary N) is 1. The maximum Gasteiger partial charge on any atom is 0.223 e. The van der Waals surface area contributed by atoms with Crippen molar-refractivity contribution in [2.45, 2.75) is 25.7 Å². The van der Waals surface area contributed by atoms with Crippen molar-refractivity contribution < 1.29 is 9.18 Å². The number of rotatable bonds is 4. The monoisotopic (exact) mass is 159 g/mol. The zero-order valence-corrected chi connectivity index (χ0v) is 6.61. The van der Waals surface area contributed by atoms with Gasteiger partial charge in [-0.3, -0.25) is 9.18 Å². The fourth-order valence-electron chi connectivity index (χ4n) is 1.09. The maximum absolute atomic E-state index is 11.6. The van der Waals surface area contributed by atoms with Gasteiger partial charge in [-0.1, -0.05) is 6.42 Å². The third-order valence-corrected chi connectivity index (χ3v) is 2.09. The molecule has 1 aliphatic rings. The van der Waals surface area contributed by atoms with E-state index >= 15 is 0 Å². The molecule has 0 saturated heterocycles. The molecule has 0 aromatic heterocycles. The Hall–Kier alpha value is -0.600. The minimum atomic E-state index is -0.342. The standard InChI is InChI=1S/C8H14FNO/c9-5-2-6-10-8(11)7-3-1-4-7/h7H,1-6H2,(H,10,11). The van der Waals surface area contributed by atoms with Crippen LogP contribution in [0.3, 0.4) is 0 Å². The maximum atomic E-state index is 11.6. The fraction of sp³-hybridized carbons (Fsp3) is 0.875. The van der Waals surface area contributed by atoms with E-state index in [0.717, 1.165) is 12.8 Å². The van der Waals surface area contributed by atoms with Gasteiger partial charge in [0.05, 0.1) is 6.67 Å². The molecule has 64 valence electrons. The number of halogens is 1. The van der Waals surface area contributed by atoms with Crippen molar-refractivity contribution in [3.63, 3.8) is 0 Å². The van der Waals surface area contributed by atoms with Crippen LogP contribution < -0.4 is 5.32 Å². The summed E-state index contributed by atoms with van der Waals surface area (Å²) in [5.41, 5.74) is 0. The normalized spacial score (nSPS) is 17.5. The molecule has 0 aliphatic heterocycles. The van der Waals surface area contributed by atoms with Crippen molar-refractivity contribution in [3.05, 3.63) is 0 Å². The Balaban J connectivity index is 2.01. The predicted octanol–water partition coefficient (Wildman–Crippen LogP) is 1.26. The molecule has 0 unspecified atom stereocenters. The molecule has 0 bridgehead atoms. The molecule has 3 heteroatoms. The Morgan fingerprint density at radius 1 is 1.55 bits per heavy atom. The molecule has 1 aliphatic carbocycles. The molecule has 2 nitrogen and oxygen atoms in total. The minimum absolute atomic E-state index is 0.115. The Kier molecular flexibility index (Phi) is 3.33. The molecule has 0 aromatic carbocycles. The first-order valence-corrected chi connectivity index (χ1v) is 4.18. The first-order valence-electron chi connectivity index (χ1n) is 4.18. The summed E-state index contributed by atoms with van der Waals surface area (Å²) < 4.78 is 11.6. The summed E-state index contributed by atoms with van der Waals surface area (Å²) in [6.07, 6.45) is 3.64. The van der Waals surface area contributed by atoms with Gasteiger partial charge < -0.3 is 5.32 Å². The number of alkyl halides is 1. The van der Waals surface area contributed by atoms with E-state index in [9.17, 15) is 9.18 Å². The second-order valence-electron chi connectivity index (χ2n) is 2.96. The van der Waals surface area contributed by atoms with E-state index in [4.69, 9.17) is 0 Å². The second kappa shape index (κ2) is 4.31. The van der Waals surface area contributed by atoms with Crippen LogP contribution in [-0.2, 0) is 4.79 Å². The summed E-state index contributed by atoms with van der Waals surface area (Å²) >= 11 is 0. The first kappa shape index (κ1) is 8.50. The molecule has 1 saturated carbocycles. The topological polar surface area (TPSA) is 29.1 Å². The lowest BCUT2D eigenvalue weighted by Gasteiger charge is -2.23. The van der Waals surface area contributed by atoms with Crippen LogP contribution in [0.15, 0.2) is 0 Å². The van der Waals surface area contributed by atoms with Crippen LogP contribution in [-0.4, -0.2) is 19.1 Å². The zero-order chi connectivity index (χ0) is 8.10. The Labute approximate surface area is 66.2 Å². The van der Waals surface area contributed by atoms with Crippen LogP contribution in [0.4, 0.5) is 4.39 Å². The van der Waals surface area contributed by atoms with E-state index in [2.05, 4.69) is 5.32 Å². The van der Waals surface area contributed by atoms with Gasteiger partial charge >= 0.3 is 0 Å². The number of amides is 1. The number of hydrogen-bond donors (Lipinski definition) is 1. The minimum Gasteiger partial charge on any atom is -0.356 e. The van der Waals surface area contributed by atoms with Crippen LogP contribution in [0.1, 0.15) is 25.7 Å². The molecule has 1 rings (SSSR count). The Bertz CT molecular complexity index is 134. The summed E-state index contributed by atoms with van der Waals surface area (Å²) in [5.74, 6) is 0.347. The van der Waals surface area contributed by atoms with Gasteiger partial charge in [0.25, 0.3) is 0 Å². The highest BCUT2D eigenvalue weighted by molar-refractivity contribution is 5.79. The van der Waals surface area contributed by atoms with Gasteiger partial charge in [0.1, 0.15) is 0 Å². The number of carbonyl (C=O) groups is 1. The predicted molar refractivity (Wildman–Crippen MR) is 40.9 cm³/mol. The van der Waals surface area contributed by atoms with Crippen molar-refractivity contribution >= 4 is 5.91 Å². The average Bonchev–Trinajstić information content (AvgIpc) is 1.84. The van der Waals surface area contributed by atoms with Crippen molar-refractivity contribution in [2.24, 2.45) is 5.92 Å². The van der Waals surface area contributed by atoms with Crippen LogP contribution in [0.2, 0.25) is 0 Å². The molecule has 0 heterocycles. The van der Waals surface area contributed by atoms with Crippen molar-refractivity contribution in [1.82, 2.24) is 5.32 Å². The summed E-state index contributed by atoms with van der Waals surface area (Å²) in [6, 6.07) is 0. The first-order chi connectivity index (χ1) is 5.34. The van der Waals surface area contributed by atoms with E-state index in [1.165, 1.54) is 6.42 Å². The van der Waals surface area contributed by atoms with Gasteiger partial charge in [-0.25, -0.2) is 0 Å². The number of hydrogen-bond acceptors (Lipinski definition) is 1. The largest absolute Gasteiger partial charge is 0.356 e. The Morgan fingerprint density at radius 2 is 2.27 bits per heavy atom. The second-order valence-corrected chi connectivity index (χ2v) is 2.96. The quantitative estimate of drug-likeness (QED) is 0.615. The smallest absolute Gasteiger partial charge is 0.223 e. The van der Waals surface area contributed by atoms with E-state index in [0.29, 0.717) is 13.0 Å². The van der Waals surface area contributed by atoms with Gasteiger partial charge in [0.15, 0.2) is 0 Å². The molecule has 0 radical (unpaired) electrons. The lowest BCUT2D eigenvalue weighted by molar-refractivity contribution is -0.127. The van der Waals surface area contributed by atoms with E-state index < -0.39 is 0 Å². The lowest BCUT2D eigenvalue weighted by atomic mass is 9.85. The lowest BCUT2D eigenvalue weighted by Crippen LogP contribution is -2.35. The summed E-state index contributed by atoms with van der Waals surface area (Å²) in [6.45, 7) is 0.150. The molecule has 1 N–H and O–H groups in total. The average molecular weight is 159 g/mol. The van der Waals surface area contributed by atoms with Gasteiger partial charge in [-0.05, 0) is 19.3 Å². The third kappa shape index (κ3) is 2.48. The molecule has 0 spiro atoms. The van der Waals surface area contributed by atoms with Gasteiger partial charge in [-0.15, -0.1) is 0 Å². The number of carbonyl (C=O) groups excluding carboxylic acids is 1. The van der Waals surface area contributed by atoms with Crippen molar-refractivity contribution in [3.8, 4) is 0 Å². The molecule has 1 amide bonds. The van der Waals surface area contributed by atoms with Crippen LogP contribution in [0.5, 0.6) is 0 Å². The van der Waals surface area contributed by atoms with Crippen molar-refractivity contribution in [2.75, 3.05) is 13.2 Å². The van der Waals surface area contributed by atoms with E-state index in [-0.39, 0.29) is 18.5 Å². The van der Waals surface area contributed by atoms with Crippen LogP contribution in [0, 0.1) is 5.92 Å². The van der Waals surface area contributed by atoms with Crippen LogP contribution >= 0.6 is 0 Å². The summed E-state index contributed by atoms with van der Waals surface area (Å²) in [4.78, 5) is 11.1. The summed E-state index contributed by atoms with van der Waals surface area (Å²) in [7, 11) is 0. The highest BCUT2D eigenvalue weighted by atomic mass is 19.1. The SMILES string of the molecule is O=C(NCCCF)C1CCC1. The molecule has 1 fully saturated rings. The molecule has 0 aromatic rings. The highest BCUT2D eigenvalue weighted by Gasteiger charge is 2.24. The van der Waals surface area contributed by atoms with Crippen molar-refractivity contribution in [1.29, 1.82) is 0 Å². The zero-order valence-electron chi connectivity index (χ0n) is 6.61. The molecular formula is C8H14FNO. The van der Waals surface area contributed by atoms with Gasteiger partial charge in [-0.2, -0.15) is 0 Å². The van der Waals surface area contributed by atoms with E-state index in [1.807, 2.05) is 0 Å².